The molecule has 110 valence electrons. The third-order valence-electron chi connectivity index (χ3n) is 3.08. The molecule has 0 bridgehead atoms. The summed E-state index contributed by atoms with van der Waals surface area (Å²) in [6, 6.07) is 0. The summed E-state index contributed by atoms with van der Waals surface area (Å²) in [5, 5.41) is 0. The Balaban J connectivity index is 0. The molecule has 0 aliphatic heterocycles. The molecule has 1 nitrogen and oxygen atoms in total. The van der Waals surface area contributed by atoms with Gasteiger partial charge in [0, 0.05) is 6.61 Å². The molecule has 0 spiro atoms. The quantitative estimate of drug-likeness (QED) is 0.319. The van der Waals surface area contributed by atoms with Gasteiger partial charge in [-0.1, -0.05) is 58.8 Å². The lowest BCUT2D eigenvalue weighted by Gasteiger charge is -2.25. The maximum Gasteiger partial charge on any atom is 0.0626 e. The molecule has 0 atom stereocenters. The van der Waals surface area contributed by atoms with E-state index in [1.54, 1.807) is 0 Å². The second-order valence-electron chi connectivity index (χ2n) is 5.48. The van der Waals surface area contributed by atoms with E-state index in [-0.39, 0.29) is 5.60 Å². The van der Waals surface area contributed by atoms with Crippen molar-refractivity contribution in [3.8, 4) is 0 Å². The predicted octanol–water partition coefficient (Wildman–Crippen LogP) is 6.13. The zero-order valence-corrected chi connectivity index (χ0v) is 13.4. The molecule has 0 fully saturated rings. The van der Waals surface area contributed by atoms with Crippen LogP contribution in [0.25, 0.3) is 0 Å². The topological polar surface area (TPSA) is 9.23 Å². The fourth-order valence-corrected chi connectivity index (χ4v) is 1.96. The first-order valence-corrected chi connectivity index (χ1v) is 7.76. The Hall–Kier alpha value is -0.300. The van der Waals surface area contributed by atoms with E-state index in [2.05, 4.69) is 40.9 Å². The first-order chi connectivity index (χ1) is 8.62. The van der Waals surface area contributed by atoms with Crippen LogP contribution in [-0.4, -0.2) is 12.2 Å². The maximum atomic E-state index is 5.82. The molecule has 0 amide bonds. The Morgan fingerprint density at radius 1 is 0.778 bits per heavy atom. The predicted molar refractivity (Wildman–Crippen MR) is 84.2 cm³/mol. The zero-order chi connectivity index (χ0) is 14.3. The van der Waals surface area contributed by atoms with Gasteiger partial charge in [-0.15, -0.1) is 13.2 Å². The van der Waals surface area contributed by atoms with E-state index in [0.29, 0.717) is 0 Å². The molecule has 0 aromatic carbocycles. The second kappa shape index (κ2) is 14.8. The standard InChI is InChI=1S/C15H32O.C2H4/c1-5-7-8-9-10-11-12-13-15(3,4)16-14-6-2;1-2/h5-14H2,1-4H3;1-2H2. The third kappa shape index (κ3) is 15.7. The highest BCUT2D eigenvalue weighted by atomic mass is 16.5. The highest BCUT2D eigenvalue weighted by Crippen LogP contribution is 2.19. The highest BCUT2D eigenvalue weighted by molar-refractivity contribution is 4.68. The minimum atomic E-state index is 0.0967. The van der Waals surface area contributed by atoms with Crippen LogP contribution in [-0.2, 0) is 4.74 Å². The Morgan fingerprint density at radius 2 is 1.28 bits per heavy atom. The number of ether oxygens (including phenoxy) is 1. The summed E-state index contributed by atoms with van der Waals surface area (Å²) in [7, 11) is 0. The monoisotopic (exact) mass is 256 g/mol. The summed E-state index contributed by atoms with van der Waals surface area (Å²) in [5.74, 6) is 0. The van der Waals surface area contributed by atoms with Crippen LogP contribution in [0.15, 0.2) is 13.2 Å². The van der Waals surface area contributed by atoms with Crippen LogP contribution in [0.4, 0.5) is 0 Å². The molecule has 0 rings (SSSR count). The van der Waals surface area contributed by atoms with Crippen LogP contribution in [0.1, 0.15) is 85.5 Å². The van der Waals surface area contributed by atoms with Crippen LogP contribution in [0, 0.1) is 0 Å². The Kier molecular flexibility index (Phi) is 16.4. The third-order valence-corrected chi connectivity index (χ3v) is 3.08. The molecule has 0 aliphatic carbocycles. The Bertz CT molecular complexity index is 152. The van der Waals surface area contributed by atoms with Crippen molar-refractivity contribution in [1.82, 2.24) is 0 Å². The summed E-state index contributed by atoms with van der Waals surface area (Å²) < 4.78 is 5.82. The SMILES string of the molecule is C=C.CCCCCCCCCC(C)(C)OCCC. The molecule has 0 N–H and O–H groups in total. The van der Waals surface area contributed by atoms with Crippen molar-refractivity contribution in [2.24, 2.45) is 0 Å². The lowest BCUT2D eigenvalue weighted by atomic mass is 9.99. The summed E-state index contributed by atoms with van der Waals surface area (Å²) in [4.78, 5) is 0. The number of rotatable bonds is 11. The van der Waals surface area contributed by atoms with Gasteiger partial charge in [-0.05, 0) is 26.7 Å². The summed E-state index contributed by atoms with van der Waals surface area (Å²) >= 11 is 0. The highest BCUT2D eigenvalue weighted by Gasteiger charge is 2.16. The average Bonchev–Trinajstić information content (AvgIpc) is 2.38. The van der Waals surface area contributed by atoms with Crippen molar-refractivity contribution in [1.29, 1.82) is 0 Å². The van der Waals surface area contributed by atoms with E-state index >= 15 is 0 Å². The van der Waals surface area contributed by atoms with Gasteiger partial charge in [-0.2, -0.15) is 0 Å². The van der Waals surface area contributed by atoms with Crippen LogP contribution in [0.5, 0.6) is 0 Å². The van der Waals surface area contributed by atoms with Crippen LogP contribution >= 0.6 is 0 Å². The van der Waals surface area contributed by atoms with Gasteiger partial charge in [0.05, 0.1) is 5.60 Å². The Labute approximate surface area is 116 Å². The fourth-order valence-electron chi connectivity index (χ4n) is 1.96. The number of hydrogen-bond donors (Lipinski definition) is 0. The van der Waals surface area contributed by atoms with Crippen molar-refractivity contribution in [2.75, 3.05) is 6.61 Å². The lowest BCUT2D eigenvalue weighted by Crippen LogP contribution is -2.24. The normalized spacial score (nSPS) is 10.9. The van der Waals surface area contributed by atoms with E-state index in [1.165, 1.54) is 51.4 Å². The molecule has 0 saturated carbocycles. The number of unbranched alkanes of at least 4 members (excludes halogenated alkanes) is 6. The van der Waals surface area contributed by atoms with Crippen molar-refractivity contribution in [3.05, 3.63) is 13.2 Å². The summed E-state index contributed by atoms with van der Waals surface area (Å²) in [5.41, 5.74) is 0.0967. The van der Waals surface area contributed by atoms with Gasteiger partial charge < -0.3 is 4.74 Å². The molecule has 0 unspecified atom stereocenters. The van der Waals surface area contributed by atoms with Crippen LogP contribution < -0.4 is 0 Å². The molecule has 1 heteroatoms. The van der Waals surface area contributed by atoms with Crippen molar-refractivity contribution >= 4 is 0 Å². The average molecular weight is 256 g/mol. The number of hydrogen-bond acceptors (Lipinski definition) is 1. The van der Waals surface area contributed by atoms with Gasteiger partial charge in [-0.3, -0.25) is 0 Å². The minimum Gasteiger partial charge on any atom is -0.376 e. The largest absolute Gasteiger partial charge is 0.376 e. The van der Waals surface area contributed by atoms with Gasteiger partial charge >= 0.3 is 0 Å². The molecule has 0 aromatic rings. The van der Waals surface area contributed by atoms with Gasteiger partial charge in [0.1, 0.15) is 0 Å². The lowest BCUT2D eigenvalue weighted by molar-refractivity contribution is -0.0246. The zero-order valence-electron chi connectivity index (χ0n) is 13.4. The van der Waals surface area contributed by atoms with Gasteiger partial charge in [0.15, 0.2) is 0 Å². The van der Waals surface area contributed by atoms with Crippen LogP contribution in [0.2, 0.25) is 0 Å². The first kappa shape index (κ1) is 20.0. The van der Waals surface area contributed by atoms with Gasteiger partial charge in [-0.25, -0.2) is 0 Å². The van der Waals surface area contributed by atoms with E-state index < -0.39 is 0 Å². The van der Waals surface area contributed by atoms with E-state index in [1.807, 2.05) is 0 Å². The molecule has 0 aromatic heterocycles. The van der Waals surface area contributed by atoms with Crippen molar-refractivity contribution in [3.63, 3.8) is 0 Å². The molecule has 18 heavy (non-hydrogen) atoms. The van der Waals surface area contributed by atoms with Gasteiger partial charge in [0.25, 0.3) is 0 Å². The van der Waals surface area contributed by atoms with Crippen molar-refractivity contribution < 1.29 is 4.74 Å². The molecule has 0 heterocycles. The Morgan fingerprint density at radius 3 is 1.78 bits per heavy atom. The molecular weight excluding hydrogens is 220 g/mol. The van der Waals surface area contributed by atoms with E-state index in [4.69, 9.17) is 4.74 Å². The fraction of sp³-hybridized carbons (Fsp3) is 0.882. The smallest absolute Gasteiger partial charge is 0.0626 e. The van der Waals surface area contributed by atoms with Crippen LogP contribution in [0.3, 0.4) is 0 Å². The van der Waals surface area contributed by atoms with E-state index in [9.17, 15) is 0 Å². The molecular formula is C17H36O. The minimum absolute atomic E-state index is 0.0967. The van der Waals surface area contributed by atoms with E-state index in [0.717, 1.165) is 13.0 Å². The maximum absolute atomic E-state index is 5.82. The molecule has 0 aliphatic rings. The summed E-state index contributed by atoms with van der Waals surface area (Å²) in [6.07, 6.45) is 12.0. The second-order valence-corrected chi connectivity index (χ2v) is 5.48. The van der Waals surface area contributed by atoms with Gasteiger partial charge in [0.2, 0.25) is 0 Å². The molecule has 0 saturated heterocycles. The first-order valence-electron chi connectivity index (χ1n) is 7.76. The summed E-state index contributed by atoms with van der Waals surface area (Å²) in [6.45, 7) is 15.8. The van der Waals surface area contributed by atoms with Crippen molar-refractivity contribution in [2.45, 2.75) is 91.1 Å². The molecule has 0 radical (unpaired) electrons.